The van der Waals surface area contributed by atoms with Gasteiger partial charge < -0.3 is 4.90 Å². The summed E-state index contributed by atoms with van der Waals surface area (Å²) in [7, 11) is 4.14. The zero-order valence-electron chi connectivity index (χ0n) is 7.68. The van der Waals surface area contributed by atoms with Gasteiger partial charge in [-0.05, 0) is 42.0 Å². The fourth-order valence-electron chi connectivity index (χ4n) is 1.22. The number of hydrogen-bond acceptors (Lipinski definition) is 1. The Balaban J connectivity index is 0.00000121. The van der Waals surface area contributed by atoms with Gasteiger partial charge in [0.1, 0.15) is 0 Å². The minimum Gasteiger partial charge on any atom is -0.377 e. The van der Waals surface area contributed by atoms with Crippen LogP contribution in [0.4, 0.5) is 5.69 Å². The number of nitrogens with zero attached hydrogens (tertiary/aromatic N) is 1. The van der Waals surface area contributed by atoms with Crippen LogP contribution in [0.15, 0.2) is 18.2 Å². The van der Waals surface area contributed by atoms with Gasteiger partial charge in [0.2, 0.25) is 0 Å². The summed E-state index contributed by atoms with van der Waals surface area (Å²) in [5, 5.41) is 0. The van der Waals surface area contributed by atoms with Crippen molar-refractivity contribution in [3.8, 4) is 0 Å². The van der Waals surface area contributed by atoms with E-state index in [-0.39, 0.29) is 11.0 Å². The van der Waals surface area contributed by atoms with Crippen molar-refractivity contribution in [2.75, 3.05) is 19.0 Å². The van der Waals surface area contributed by atoms with Crippen molar-refractivity contribution in [1.29, 1.82) is 0 Å². The molecular formula is C10H19NSi. The molecule has 0 aliphatic rings. The fourth-order valence-corrected chi connectivity index (χ4v) is 1.22. The second kappa shape index (κ2) is 4.31. The fraction of sp³-hybridized carbons (Fsp3) is 0.400. The highest BCUT2D eigenvalue weighted by Gasteiger charge is 2.00. The van der Waals surface area contributed by atoms with E-state index in [2.05, 4.69) is 51.0 Å². The van der Waals surface area contributed by atoms with Gasteiger partial charge in [0.25, 0.3) is 0 Å². The molecule has 0 aromatic heterocycles. The van der Waals surface area contributed by atoms with Gasteiger partial charge >= 0.3 is 0 Å². The van der Waals surface area contributed by atoms with Gasteiger partial charge in [-0.1, -0.05) is 12.1 Å². The molecule has 1 aromatic rings. The SMILES string of the molecule is Cc1cccc(N(C)C)c1C.[SiH4]. The van der Waals surface area contributed by atoms with Crippen LogP contribution in [0.2, 0.25) is 0 Å². The zero-order chi connectivity index (χ0) is 8.43. The number of rotatable bonds is 1. The van der Waals surface area contributed by atoms with Crippen LogP contribution in [-0.4, -0.2) is 25.1 Å². The third kappa shape index (κ3) is 2.11. The highest BCUT2D eigenvalue weighted by molar-refractivity contribution is 5.75. The Morgan fingerprint density at radius 2 is 1.67 bits per heavy atom. The summed E-state index contributed by atoms with van der Waals surface area (Å²) in [6.45, 7) is 4.30. The monoisotopic (exact) mass is 181 g/mol. The molecule has 0 fully saturated rings. The number of hydrogen-bond donors (Lipinski definition) is 0. The smallest absolute Gasteiger partial charge is 0.0393 e. The summed E-state index contributed by atoms with van der Waals surface area (Å²) in [6, 6.07) is 6.38. The van der Waals surface area contributed by atoms with Gasteiger partial charge in [-0.15, -0.1) is 0 Å². The van der Waals surface area contributed by atoms with Crippen molar-refractivity contribution in [3.63, 3.8) is 0 Å². The summed E-state index contributed by atoms with van der Waals surface area (Å²) in [5.41, 5.74) is 4.04. The number of benzene rings is 1. The molecule has 0 N–H and O–H groups in total. The van der Waals surface area contributed by atoms with Crippen molar-refractivity contribution in [2.45, 2.75) is 13.8 Å². The maximum absolute atomic E-state index is 2.16. The van der Waals surface area contributed by atoms with Gasteiger partial charge in [0.05, 0.1) is 0 Å². The first-order valence-electron chi connectivity index (χ1n) is 3.86. The van der Waals surface area contributed by atoms with Gasteiger partial charge in [-0.25, -0.2) is 0 Å². The average Bonchev–Trinajstić information content (AvgIpc) is 1.94. The van der Waals surface area contributed by atoms with E-state index in [0.717, 1.165) is 0 Å². The lowest BCUT2D eigenvalue weighted by Gasteiger charge is -2.16. The molecule has 0 amide bonds. The zero-order valence-corrected chi connectivity index (χ0v) is 7.68. The van der Waals surface area contributed by atoms with E-state index in [9.17, 15) is 0 Å². The molecule has 0 atom stereocenters. The van der Waals surface area contributed by atoms with Crippen molar-refractivity contribution >= 4 is 16.7 Å². The maximum Gasteiger partial charge on any atom is 0.0393 e. The third-order valence-electron chi connectivity index (χ3n) is 2.06. The highest BCUT2D eigenvalue weighted by Crippen LogP contribution is 2.19. The Hall–Kier alpha value is -0.763. The third-order valence-corrected chi connectivity index (χ3v) is 2.06. The average molecular weight is 181 g/mol. The van der Waals surface area contributed by atoms with Crippen molar-refractivity contribution < 1.29 is 0 Å². The van der Waals surface area contributed by atoms with Crippen LogP contribution in [-0.2, 0) is 0 Å². The van der Waals surface area contributed by atoms with Crippen LogP contribution in [0.3, 0.4) is 0 Å². The lowest BCUT2D eigenvalue weighted by Crippen LogP contribution is -2.10. The molecule has 2 heteroatoms. The summed E-state index contributed by atoms with van der Waals surface area (Å²) in [5.74, 6) is 0. The minimum atomic E-state index is 0. The Kier molecular flexibility index (Phi) is 4.04. The molecule has 0 radical (unpaired) electrons. The van der Waals surface area contributed by atoms with E-state index in [1.165, 1.54) is 16.8 Å². The molecule has 0 saturated carbocycles. The molecule has 0 heterocycles. The predicted molar refractivity (Wildman–Crippen MR) is 61.6 cm³/mol. The molecule has 12 heavy (non-hydrogen) atoms. The predicted octanol–water partition coefficient (Wildman–Crippen LogP) is 0.918. The molecule has 68 valence electrons. The molecule has 0 aliphatic carbocycles. The van der Waals surface area contributed by atoms with E-state index in [1.54, 1.807) is 0 Å². The largest absolute Gasteiger partial charge is 0.377 e. The van der Waals surface area contributed by atoms with E-state index >= 15 is 0 Å². The van der Waals surface area contributed by atoms with Crippen LogP contribution in [0.5, 0.6) is 0 Å². The summed E-state index contributed by atoms with van der Waals surface area (Å²) < 4.78 is 0. The van der Waals surface area contributed by atoms with E-state index in [4.69, 9.17) is 0 Å². The van der Waals surface area contributed by atoms with Crippen LogP contribution in [0.1, 0.15) is 11.1 Å². The van der Waals surface area contributed by atoms with E-state index in [0.29, 0.717) is 0 Å². The Bertz CT molecular complexity index is 256. The molecule has 0 bridgehead atoms. The van der Waals surface area contributed by atoms with Crippen molar-refractivity contribution in [3.05, 3.63) is 29.3 Å². The van der Waals surface area contributed by atoms with Gasteiger partial charge in [0, 0.05) is 19.8 Å². The summed E-state index contributed by atoms with van der Waals surface area (Å²) in [6.07, 6.45) is 0. The first kappa shape index (κ1) is 11.2. The molecule has 0 unspecified atom stereocenters. The quantitative estimate of drug-likeness (QED) is 0.582. The van der Waals surface area contributed by atoms with Crippen LogP contribution < -0.4 is 4.90 Å². The molecule has 0 spiro atoms. The van der Waals surface area contributed by atoms with Crippen molar-refractivity contribution in [1.82, 2.24) is 0 Å². The van der Waals surface area contributed by atoms with E-state index < -0.39 is 0 Å². The Labute approximate surface area is 79.4 Å². The van der Waals surface area contributed by atoms with E-state index in [1.807, 2.05) is 0 Å². The lowest BCUT2D eigenvalue weighted by molar-refractivity contribution is 1.10. The van der Waals surface area contributed by atoms with Gasteiger partial charge in [0.15, 0.2) is 0 Å². The van der Waals surface area contributed by atoms with Crippen LogP contribution in [0, 0.1) is 13.8 Å². The molecule has 0 aliphatic heterocycles. The molecule has 0 saturated heterocycles. The first-order valence-corrected chi connectivity index (χ1v) is 3.86. The van der Waals surface area contributed by atoms with Crippen LogP contribution >= 0.6 is 0 Å². The Morgan fingerprint density at radius 3 is 2.08 bits per heavy atom. The van der Waals surface area contributed by atoms with Gasteiger partial charge in [-0.3, -0.25) is 0 Å². The molecule has 1 nitrogen and oxygen atoms in total. The van der Waals surface area contributed by atoms with Gasteiger partial charge in [-0.2, -0.15) is 0 Å². The van der Waals surface area contributed by atoms with Crippen LogP contribution in [0.25, 0.3) is 0 Å². The maximum atomic E-state index is 2.16. The molecule has 1 rings (SSSR count). The summed E-state index contributed by atoms with van der Waals surface area (Å²) in [4.78, 5) is 2.14. The topological polar surface area (TPSA) is 3.24 Å². The Morgan fingerprint density at radius 1 is 1.08 bits per heavy atom. The normalized spacial score (nSPS) is 9.00. The second-order valence-electron chi connectivity index (χ2n) is 3.11. The molecular weight excluding hydrogens is 162 g/mol. The van der Waals surface area contributed by atoms with Crippen molar-refractivity contribution in [2.24, 2.45) is 0 Å². The molecule has 1 aromatic carbocycles. The second-order valence-corrected chi connectivity index (χ2v) is 3.11. The number of anilines is 1. The highest BCUT2D eigenvalue weighted by atomic mass is 28.1. The minimum absolute atomic E-state index is 0. The summed E-state index contributed by atoms with van der Waals surface area (Å²) >= 11 is 0. The standard InChI is InChI=1S/C10H15N.H4Si/c1-8-6-5-7-10(9(8)2)11(3)4;/h5-7H,1-4H3;1H4. The lowest BCUT2D eigenvalue weighted by atomic mass is 10.1. The first-order chi connectivity index (χ1) is 5.13. The number of aryl methyl sites for hydroxylation is 1.